The smallest absolute Gasteiger partial charge is 0.271 e. The normalized spacial score (nSPS) is 10.6. The first-order chi connectivity index (χ1) is 12.2. The van der Waals surface area contributed by atoms with E-state index in [9.17, 15) is 10.1 Å². The summed E-state index contributed by atoms with van der Waals surface area (Å²) in [4.78, 5) is 10.3. The van der Waals surface area contributed by atoms with Gasteiger partial charge in [0, 0.05) is 12.1 Å². The van der Waals surface area contributed by atoms with Crippen LogP contribution < -0.4 is 10.2 Å². The molecule has 0 amide bonds. The van der Waals surface area contributed by atoms with Gasteiger partial charge in [0.15, 0.2) is 0 Å². The van der Waals surface area contributed by atoms with Crippen molar-refractivity contribution < 1.29 is 9.66 Å². The molecule has 0 aliphatic heterocycles. The number of non-ortho nitro benzene ring substituents is 1. The lowest BCUT2D eigenvalue weighted by Crippen LogP contribution is -1.93. The van der Waals surface area contributed by atoms with Gasteiger partial charge in [0.1, 0.15) is 11.5 Å². The van der Waals surface area contributed by atoms with Crippen molar-refractivity contribution in [1.82, 2.24) is 0 Å². The molecule has 0 atom stereocenters. The van der Waals surface area contributed by atoms with Crippen LogP contribution in [-0.4, -0.2) is 11.1 Å². The molecule has 0 saturated carbocycles. The Morgan fingerprint density at radius 2 is 1.64 bits per heavy atom. The van der Waals surface area contributed by atoms with Gasteiger partial charge in [-0.05, 0) is 48.0 Å². The van der Waals surface area contributed by atoms with Crippen LogP contribution in [0.3, 0.4) is 0 Å². The van der Waals surface area contributed by atoms with Crippen molar-refractivity contribution >= 4 is 17.6 Å². The number of hydrogen-bond donors (Lipinski definition) is 1. The minimum Gasteiger partial charge on any atom is -0.457 e. The van der Waals surface area contributed by atoms with Crippen LogP contribution in [0.25, 0.3) is 0 Å². The maximum Gasteiger partial charge on any atom is 0.271 e. The summed E-state index contributed by atoms with van der Waals surface area (Å²) in [6.07, 6.45) is 1.63. The number of nitrogens with one attached hydrogen (secondary N) is 1. The SMILES string of the molecule is O=[N+]([O-])c1cccc(NN=Cc2ccc(Oc3ccccc3)cc2)c1. The molecule has 0 unspecified atom stereocenters. The van der Waals surface area contributed by atoms with Crippen LogP contribution in [0.4, 0.5) is 11.4 Å². The lowest BCUT2D eigenvalue weighted by molar-refractivity contribution is -0.384. The Balaban J connectivity index is 1.60. The number of hydrazone groups is 1. The van der Waals surface area contributed by atoms with Gasteiger partial charge in [-0.25, -0.2) is 0 Å². The van der Waals surface area contributed by atoms with Crippen LogP contribution in [0.1, 0.15) is 5.56 Å². The van der Waals surface area contributed by atoms with Crippen molar-refractivity contribution in [2.45, 2.75) is 0 Å². The molecule has 0 saturated heterocycles. The molecule has 0 radical (unpaired) electrons. The number of ether oxygens (including phenoxy) is 1. The minimum atomic E-state index is -0.444. The quantitative estimate of drug-likeness (QED) is 0.398. The highest BCUT2D eigenvalue weighted by atomic mass is 16.6. The van der Waals surface area contributed by atoms with Crippen LogP contribution >= 0.6 is 0 Å². The molecule has 124 valence electrons. The van der Waals surface area contributed by atoms with Gasteiger partial charge >= 0.3 is 0 Å². The van der Waals surface area contributed by atoms with Gasteiger partial charge in [-0.3, -0.25) is 15.5 Å². The molecule has 0 spiro atoms. The second-order valence-corrected chi connectivity index (χ2v) is 5.16. The fourth-order valence-electron chi connectivity index (χ4n) is 2.12. The molecule has 3 aromatic rings. The fraction of sp³-hybridized carbons (Fsp3) is 0. The monoisotopic (exact) mass is 333 g/mol. The Labute approximate surface area is 144 Å². The number of hydrogen-bond acceptors (Lipinski definition) is 5. The third kappa shape index (κ3) is 4.65. The molecule has 0 bridgehead atoms. The molecule has 6 heteroatoms. The molecule has 0 heterocycles. The zero-order valence-corrected chi connectivity index (χ0v) is 13.2. The first-order valence-corrected chi connectivity index (χ1v) is 7.57. The molecule has 3 aromatic carbocycles. The van der Waals surface area contributed by atoms with E-state index in [1.807, 2.05) is 54.6 Å². The van der Waals surface area contributed by atoms with Crippen molar-refractivity contribution in [3.8, 4) is 11.5 Å². The molecular formula is C19H15N3O3. The fourth-order valence-corrected chi connectivity index (χ4v) is 2.12. The van der Waals surface area contributed by atoms with Gasteiger partial charge in [0.2, 0.25) is 0 Å². The largest absolute Gasteiger partial charge is 0.457 e. The van der Waals surface area contributed by atoms with E-state index >= 15 is 0 Å². The molecule has 6 nitrogen and oxygen atoms in total. The Bertz CT molecular complexity index is 878. The van der Waals surface area contributed by atoms with Gasteiger partial charge < -0.3 is 4.74 Å². The van der Waals surface area contributed by atoms with Crippen molar-refractivity contribution in [2.75, 3.05) is 5.43 Å². The molecule has 0 aliphatic rings. The number of anilines is 1. The van der Waals surface area contributed by atoms with Gasteiger partial charge in [0.05, 0.1) is 16.8 Å². The third-order valence-corrected chi connectivity index (χ3v) is 3.32. The first-order valence-electron chi connectivity index (χ1n) is 7.57. The topological polar surface area (TPSA) is 76.8 Å². The molecule has 25 heavy (non-hydrogen) atoms. The minimum absolute atomic E-state index is 0.0163. The summed E-state index contributed by atoms with van der Waals surface area (Å²) >= 11 is 0. The summed E-state index contributed by atoms with van der Waals surface area (Å²) in [5, 5.41) is 14.8. The molecular weight excluding hydrogens is 318 g/mol. The first kappa shape index (κ1) is 16.2. The number of para-hydroxylation sites is 1. The summed E-state index contributed by atoms with van der Waals surface area (Å²) in [6.45, 7) is 0. The van der Waals surface area contributed by atoms with E-state index in [1.54, 1.807) is 18.3 Å². The second-order valence-electron chi connectivity index (χ2n) is 5.16. The zero-order valence-electron chi connectivity index (χ0n) is 13.2. The summed E-state index contributed by atoms with van der Waals surface area (Å²) < 4.78 is 5.72. The van der Waals surface area contributed by atoms with Gasteiger partial charge in [-0.2, -0.15) is 5.10 Å². The Morgan fingerprint density at radius 1 is 0.920 bits per heavy atom. The standard InChI is InChI=1S/C19H15N3O3/c23-22(24)17-6-4-5-16(13-17)21-20-14-15-9-11-19(12-10-15)25-18-7-2-1-3-8-18/h1-14,21H. The van der Waals surface area contributed by atoms with E-state index in [4.69, 9.17) is 4.74 Å². The summed E-state index contributed by atoms with van der Waals surface area (Å²) in [7, 11) is 0. The number of nitro benzene ring substituents is 1. The molecule has 0 fully saturated rings. The van der Waals surface area contributed by atoms with E-state index in [0.717, 1.165) is 17.1 Å². The van der Waals surface area contributed by atoms with E-state index in [0.29, 0.717) is 5.69 Å². The number of benzene rings is 3. The van der Waals surface area contributed by atoms with E-state index in [1.165, 1.54) is 12.1 Å². The maximum absolute atomic E-state index is 10.7. The summed E-state index contributed by atoms with van der Waals surface area (Å²) in [5.41, 5.74) is 4.22. The van der Waals surface area contributed by atoms with Crippen molar-refractivity contribution in [2.24, 2.45) is 5.10 Å². The second kappa shape index (κ2) is 7.74. The molecule has 0 aliphatic carbocycles. The third-order valence-electron chi connectivity index (χ3n) is 3.32. The highest BCUT2D eigenvalue weighted by molar-refractivity contribution is 5.80. The van der Waals surface area contributed by atoms with Crippen molar-refractivity contribution in [3.63, 3.8) is 0 Å². The van der Waals surface area contributed by atoms with Gasteiger partial charge in [-0.1, -0.05) is 24.3 Å². The van der Waals surface area contributed by atoms with Crippen molar-refractivity contribution in [3.05, 3.63) is 94.5 Å². The van der Waals surface area contributed by atoms with Gasteiger partial charge in [0.25, 0.3) is 5.69 Å². The number of rotatable bonds is 6. The zero-order chi connectivity index (χ0) is 17.5. The lowest BCUT2D eigenvalue weighted by atomic mass is 10.2. The van der Waals surface area contributed by atoms with Crippen LogP contribution in [0.5, 0.6) is 11.5 Å². The van der Waals surface area contributed by atoms with Crippen LogP contribution in [0.2, 0.25) is 0 Å². The Morgan fingerprint density at radius 3 is 2.36 bits per heavy atom. The van der Waals surface area contributed by atoms with E-state index < -0.39 is 4.92 Å². The molecule has 0 aromatic heterocycles. The Kier molecular flexibility index (Phi) is 5.01. The van der Waals surface area contributed by atoms with Crippen molar-refractivity contribution in [1.29, 1.82) is 0 Å². The highest BCUT2D eigenvalue weighted by Gasteiger charge is 2.04. The highest BCUT2D eigenvalue weighted by Crippen LogP contribution is 2.21. The maximum atomic E-state index is 10.7. The molecule has 1 N–H and O–H groups in total. The summed E-state index contributed by atoms with van der Waals surface area (Å²) in [6, 6.07) is 23.1. The predicted molar refractivity (Wildman–Crippen MR) is 97.3 cm³/mol. The van der Waals surface area contributed by atoms with E-state index in [-0.39, 0.29) is 5.69 Å². The van der Waals surface area contributed by atoms with Crippen LogP contribution in [0.15, 0.2) is 84.0 Å². The number of nitrogens with zero attached hydrogens (tertiary/aromatic N) is 2. The summed E-state index contributed by atoms with van der Waals surface area (Å²) in [5.74, 6) is 1.51. The van der Waals surface area contributed by atoms with Crippen LogP contribution in [-0.2, 0) is 0 Å². The van der Waals surface area contributed by atoms with E-state index in [2.05, 4.69) is 10.5 Å². The lowest BCUT2D eigenvalue weighted by Gasteiger charge is -2.05. The Hall–Kier alpha value is -3.67. The number of nitro groups is 1. The average Bonchev–Trinajstić information content (AvgIpc) is 2.64. The molecule has 3 rings (SSSR count). The average molecular weight is 333 g/mol. The van der Waals surface area contributed by atoms with Gasteiger partial charge in [-0.15, -0.1) is 0 Å². The predicted octanol–water partition coefficient (Wildman–Crippen LogP) is 4.83. The van der Waals surface area contributed by atoms with Crippen LogP contribution in [0, 0.1) is 10.1 Å².